The molecule has 3 aromatic rings. The smallest absolute Gasteiger partial charge is 0.270 e. The van der Waals surface area contributed by atoms with Gasteiger partial charge in [-0.3, -0.25) is 4.79 Å². The molecule has 138 valence electrons. The number of halogens is 1. The predicted octanol–water partition coefficient (Wildman–Crippen LogP) is 4.73. The molecule has 0 saturated heterocycles. The Hall–Kier alpha value is -2.92. The second-order valence-electron chi connectivity index (χ2n) is 6.38. The van der Waals surface area contributed by atoms with E-state index in [-0.39, 0.29) is 5.91 Å². The number of benzene rings is 2. The maximum atomic E-state index is 12.5. The molecule has 1 amide bonds. The molecular formula is C21H21ClN4O. The minimum atomic E-state index is -0.273. The number of carbonyl (C=O) groups is 1. The largest absolute Gasteiger partial charge is 0.347 e. The predicted molar refractivity (Wildman–Crippen MR) is 109 cm³/mol. The van der Waals surface area contributed by atoms with Gasteiger partial charge in [0, 0.05) is 22.9 Å². The molecule has 0 radical (unpaired) electrons. The third-order valence-corrected chi connectivity index (χ3v) is 4.57. The number of anilines is 2. The number of hydrogen-bond acceptors (Lipinski definition) is 4. The summed E-state index contributed by atoms with van der Waals surface area (Å²) in [6, 6.07) is 15.1. The van der Waals surface area contributed by atoms with E-state index in [2.05, 4.69) is 20.6 Å². The van der Waals surface area contributed by atoms with Gasteiger partial charge in [0.05, 0.1) is 0 Å². The molecule has 1 aromatic heterocycles. The topological polar surface area (TPSA) is 66.9 Å². The van der Waals surface area contributed by atoms with Gasteiger partial charge in [0.1, 0.15) is 5.69 Å². The summed E-state index contributed by atoms with van der Waals surface area (Å²) in [5.41, 5.74) is 5.00. The molecule has 2 N–H and O–H groups in total. The van der Waals surface area contributed by atoms with Crippen LogP contribution in [0.15, 0.2) is 48.5 Å². The summed E-state index contributed by atoms with van der Waals surface area (Å²) < 4.78 is 0. The lowest BCUT2D eigenvalue weighted by Gasteiger charge is -2.13. The highest BCUT2D eigenvalue weighted by atomic mass is 35.5. The third kappa shape index (κ3) is 4.63. The van der Waals surface area contributed by atoms with Gasteiger partial charge in [-0.2, -0.15) is 0 Å². The first-order valence-corrected chi connectivity index (χ1v) is 9.02. The van der Waals surface area contributed by atoms with Crippen molar-refractivity contribution in [2.45, 2.75) is 27.3 Å². The number of hydrogen-bond donors (Lipinski definition) is 2. The Kier molecular flexibility index (Phi) is 5.72. The van der Waals surface area contributed by atoms with E-state index in [9.17, 15) is 4.79 Å². The first kappa shape index (κ1) is 18.9. The fourth-order valence-corrected chi connectivity index (χ4v) is 2.97. The van der Waals surface area contributed by atoms with E-state index in [1.165, 1.54) is 0 Å². The van der Waals surface area contributed by atoms with Crippen LogP contribution in [0.4, 0.5) is 11.6 Å². The molecule has 0 bridgehead atoms. The monoisotopic (exact) mass is 380 g/mol. The maximum absolute atomic E-state index is 12.5. The van der Waals surface area contributed by atoms with Gasteiger partial charge in [0.15, 0.2) is 0 Å². The normalized spacial score (nSPS) is 10.5. The van der Waals surface area contributed by atoms with Gasteiger partial charge in [-0.15, -0.1) is 0 Å². The molecule has 0 fully saturated rings. The summed E-state index contributed by atoms with van der Waals surface area (Å²) in [5.74, 6) is 0.125. The van der Waals surface area contributed by atoms with E-state index in [4.69, 9.17) is 11.6 Å². The van der Waals surface area contributed by atoms with E-state index in [0.717, 1.165) is 22.4 Å². The lowest BCUT2D eigenvalue weighted by molar-refractivity contribution is 0.0946. The number of aromatic nitrogens is 2. The number of aryl methyl sites for hydroxylation is 3. The Morgan fingerprint density at radius 1 is 1.00 bits per heavy atom. The van der Waals surface area contributed by atoms with Crippen LogP contribution in [0.2, 0.25) is 5.02 Å². The van der Waals surface area contributed by atoms with Crippen LogP contribution in [-0.4, -0.2) is 15.9 Å². The molecule has 0 saturated carbocycles. The number of para-hydroxylation sites is 1. The number of nitrogens with zero attached hydrogens (tertiary/aromatic N) is 2. The Balaban J connectivity index is 1.78. The summed E-state index contributed by atoms with van der Waals surface area (Å²) >= 11 is 6.14. The van der Waals surface area contributed by atoms with Crippen molar-refractivity contribution in [2.24, 2.45) is 0 Å². The average molecular weight is 381 g/mol. The zero-order valence-electron chi connectivity index (χ0n) is 15.5. The van der Waals surface area contributed by atoms with Crippen LogP contribution in [0.25, 0.3) is 0 Å². The molecule has 1 heterocycles. The minimum absolute atomic E-state index is 0.273. The SMILES string of the molecule is Cc1cc(C(=O)NCc2ccccc2Cl)nc(Nc2c(C)cccc2C)n1. The molecule has 0 aliphatic heterocycles. The van der Waals surface area contributed by atoms with Crippen molar-refractivity contribution in [2.75, 3.05) is 5.32 Å². The second kappa shape index (κ2) is 8.18. The molecule has 0 atom stereocenters. The molecule has 27 heavy (non-hydrogen) atoms. The van der Waals surface area contributed by atoms with Gasteiger partial charge < -0.3 is 10.6 Å². The second-order valence-corrected chi connectivity index (χ2v) is 6.79. The summed E-state index contributed by atoms with van der Waals surface area (Å²) in [7, 11) is 0. The van der Waals surface area contributed by atoms with Crippen molar-refractivity contribution in [1.82, 2.24) is 15.3 Å². The van der Waals surface area contributed by atoms with E-state index < -0.39 is 0 Å². The standard InChI is InChI=1S/C21H21ClN4O/c1-13-7-6-8-14(2)19(13)26-21-24-15(3)11-18(25-21)20(27)23-12-16-9-4-5-10-17(16)22/h4-11H,12H2,1-3H3,(H,23,27)(H,24,25,26). The van der Waals surface area contributed by atoms with Gasteiger partial charge >= 0.3 is 0 Å². The minimum Gasteiger partial charge on any atom is -0.347 e. The van der Waals surface area contributed by atoms with Crippen molar-refractivity contribution in [3.63, 3.8) is 0 Å². The van der Waals surface area contributed by atoms with E-state index in [0.29, 0.717) is 28.9 Å². The van der Waals surface area contributed by atoms with Crippen molar-refractivity contribution >= 4 is 29.1 Å². The maximum Gasteiger partial charge on any atom is 0.270 e. The number of amides is 1. The van der Waals surface area contributed by atoms with Crippen LogP contribution in [0.1, 0.15) is 32.9 Å². The molecule has 5 nitrogen and oxygen atoms in total. The van der Waals surface area contributed by atoms with Crippen LogP contribution < -0.4 is 10.6 Å². The first-order valence-electron chi connectivity index (χ1n) is 8.64. The fraction of sp³-hybridized carbons (Fsp3) is 0.190. The quantitative estimate of drug-likeness (QED) is 0.671. The van der Waals surface area contributed by atoms with Gasteiger partial charge in [0.25, 0.3) is 5.91 Å². The highest BCUT2D eigenvalue weighted by Crippen LogP contribution is 2.23. The average Bonchev–Trinajstić information content (AvgIpc) is 2.63. The Bertz CT molecular complexity index is 967. The van der Waals surface area contributed by atoms with E-state index in [1.807, 2.05) is 57.2 Å². The van der Waals surface area contributed by atoms with Crippen LogP contribution in [0, 0.1) is 20.8 Å². The van der Waals surface area contributed by atoms with Crippen LogP contribution >= 0.6 is 11.6 Å². The van der Waals surface area contributed by atoms with Crippen molar-refractivity contribution in [3.05, 3.63) is 81.6 Å². The lowest BCUT2D eigenvalue weighted by Crippen LogP contribution is -2.24. The zero-order valence-corrected chi connectivity index (χ0v) is 16.3. The summed E-state index contributed by atoms with van der Waals surface area (Å²) in [4.78, 5) is 21.3. The molecular weight excluding hydrogens is 360 g/mol. The van der Waals surface area contributed by atoms with Crippen molar-refractivity contribution in [1.29, 1.82) is 0 Å². The highest BCUT2D eigenvalue weighted by molar-refractivity contribution is 6.31. The van der Waals surface area contributed by atoms with Crippen LogP contribution in [0.3, 0.4) is 0 Å². The third-order valence-electron chi connectivity index (χ3n) is 4.20. The number of rotatable bonds is 5. The Morgan fingerprint density at radius 3 is 2.41 bits per heavy atom. The van der Waals surface area contributed by atoms with Gasteiger partial charge in [0.2, 0.25) is 5.95 Å². The fourth-order valence-electron chi connectivity index (χ4n) is 2.77. The van der Waals surface area contributed by atoms with Gasteiger partial charge in [-0.05, 0) is 49.6 Å². The number of nitrogens with one attached hydrogen (secondary N) is 2. The van der Waals surface area contributed by atoms with Crippen LogP contribution in [-0.2, 0) is 6.54 Å². The van der Waals surface area contributed by atoms with Gasteiger partial charge in [-0.25, -0.2) is 9.97 Å². The molecule has 0 unspecified atom stereocenters. The van der Waals surface area contributed by atoms with Gasteiger partial charge in [-0.1, -0.05) is 48.0 Å². The van der Waals surface area contributed by atoms with Crippen molar-refractivity contribution in [3.8, 4) is 0 Å². The molecule has 0 aliphatic rings. The number of carbonyl (C=O) groups excluding carboxylic acids is 1. The summed E-state index contributed by atoms with van der Waals surface area (Å²) in [6.07, 6.45) is 0. The van der Waals surface area contributed by atoms with E-state index >= 15 is 0 Å². The van der Waals surface area contributed by atoms with Crippen LogP contribution in [0.5, 0.6) is 0 Å². The molecule has 6 heteroatoms. The molecule has 2 aromatic carbocycles. The molecule has 3 rings (SSSR count). The molecule has 0 spiro atoms. The molecule has 0 aliphatic carbocycles. The zero-order chi connectivity index (χ0) is 19.4. The Morgan fingerprint density at radius 2 is 1.70 bits per heavy atom. The first-order chi connectivity index (χ1) is 12.9. The van der Waals surface area contributed by atoms with E-state index in [1.54, 1.807) is 12.1 Å². The summed E-state index contributed by atoms with van der Waals surface area (Å²) in [5, 5.41) is 6.71. The Labute approximate surface area is 163 Å². The summed E-state index contributed by atoms with van der Waals surface area (Å²) in [6.45, 7) is 6.20. The highest BCUT2D eigenvalue weighted by Gasteiger charge is 2.12. The van der Waals surface area contributed by atoms with Crippen molar-refractivity contribution < 1.29 is 4.79 Å². The lowest BCUT2D eigenvalue weighted by atomic mass is 10.1.